The van der Waals surface area contributed by atoms with Crippen LogP contribution in [0.1, 0.15) is 6.92 Å². The van der Waals surface area contributed by atoms with Gasteiger partial charge in [-0.25, -0.2) is 0 Å². The monoisotopic (exact) mass is 188 g/mol. The minimum Gasteiger partial charge on any atom is -0.402 e. The molecular formula is C6H9BrN2. The Bertz CT molecular complexity index is 154. The third-order valence-corrected chi connectivity index (χ3v) is 1.01. The Hall–Kier alpha value is -0.570. The maximum absolute atomic E-state index is 5.35. The molecule has 0 aromatic heterocycles. The number of halogens is 1. The topological polar surface area (TPSA) is 38.4 Å². The van der Waals surface area contributed by atoms with Crippen molar-refractivity contribution >= 4 is 22.6 Å². The van der Waals surface area contributed by atoms with Crippen molar-refractivity contribution in [2.75, 3.05) is 0 Å². The fourth-order valence-electron chi connectivity index (χ4n) is 0.342. The molecule has 0 atom stereocenters. The van der Waals surface area contributed by atoms with Crippen molar-refractivity contribution in [3.8, 4) is 0 Å². The molecule has 0 fully saturated rings. The van der Waals surface area contributed by atoms with Gasteiger partial charge in [0.05, 0.1) is 0 Å². The fourth-order valence-corrected chi connectivity index (χ4v) is 0.848. The van der Waals surface area contributed by atoms with Crippen LogP contribution in [-0.4, -0.2) is 6.72 Å². The van der Waals surface area contributed by atoms with Crippen molar-refractivity contribution in [1.29, 1.82) is 0 Å². The molecule has 3 heteroatoms. The van der Waals surface area contributed by atoms with Crippen LogP contribution in [0, 0.1) is 0 Å². The first kappa shape index (κ1) is 8.43. The first-order valence-corrected chi connectivity index (χ1v) is 3.21. The second-order valence-corrected chi connectivity index (χ2v) is 2.50. The largest absolute Gasteiger partial charge is 0.402 e. The molecule has 0 amide bonds. The third kappa shape index (κ3) is 5.30. The van der Waals surface area contributed by atoms with Crippen molar-refractivity contribution in [2.24, 2.45) is 10.7 Å². The van der Waals surface area contributed by atoms with Gasteiger partial charge in [-0.05, 0) is 35.6 Å². The molecule has 50 valence electrons. The molecule has 0 rings (SSSR count). The van der Waals surface area contributed by atoms with Crippen LogP contribution in [-0.2, 0) is 0 Å². The Morgan fingerprint density at radius 2 is 2.33 bits per heavy atom. The summed E-state index contributed by atoms with van der Waals surface area (Å²) >= 11 is 3.21. The highest BCUT2D eigenvalue weighted by atomic mass is 79.9. The number of hydrogen-bond donors (Lipinski definition) is 1. The Labute approximate surface area is 63.3 Å². The average molecular weight is 189 g/mol. The number of rotatable bonds is 2. The Morgan fingerprint density at radius 3 is 2.67 bits per heavy atom. The van der Waals surface area contributed by atoms with Crippen molar-refractivity contribution < 1.29 is 0 Å². The Morgan fingerprint density at radius 1 is 1.78 bits per heavy atom. The van der Waals surface area contributed by atoms with E-state index in [1.807, 2.05) is 0 Å². The van der Waals surface area contributed by atoms with E-state index in [0.717, 1.165) is 10.2 Å². The summed E-state index contributed by atoms with van der Waals surface area (Å²) in [7, 11) is 0. The van der Waals surface area contributed by atoms with Gasteiger partial charge in [-0.1, -0.05) is 0 Å². The zero-order chi connectivity index (χ0) is 7.28. The van der Waals surface area contributed by atoms with E-state index in [9.17, 15) is 0 Å². The summed E-state index contributed by atoms with van der Waals surface area (Å²) in [4.78, 5) is 3.53. The summed E-state index contributed by atoms with van der Waals surface area (Å²) in [5.41, 5.74) is 6.09. The standard InChI is InChI=1S/C6H9BrN2/c1-5(8)3-6(7)4-9-2/h3-4H,2,8H2,1H3/b5-3+,6-4+. The van der Waals surface area contributed by atoms with Gasteiger partial charge in [-0.2, -0.15) is 0 Å². The molecule has 9 heavy (non-hydrogen) atoms. The number of nitrogens with two attached hydrogens (primary N) is 1. The average Bonchev–Trinajstić information content (AvgIpc) is 1.63. The number of aliphatic imine (C=N–C) groups is 1. The molecule has 0 bridgehead atoms. The summed E-state index contributed by atoms with van der Waals surface area (Å²) in [6, 6.07) is 0. The van der Waals surface area contributed by atoms with Gasteiger partial charge >= 0.3 is 0 Å². The van der Waals surface area contributed by atoms with Gasteiger partial charge in [0.15, 0.2) is 0 Å². The number of nitrogens with zero attached hydrogens (tertiary/aromatic N) is 1. The van der Waals surface area contributed by atoms with E-state index in [1.165, 1.54) is 0 Å². The molecule has 0 aromatic carbocycles. The second kappa shape index (κ2) is 4.32. The highest BCUT2D eigenvalue weighted by Gasteiger charge is 1.81. The molecule has 2 nitrogen and oxygen atoms in total. The maximum atomic E-state index is 5.35. The van der Waals surface area contributed by atoms with Crippen LogP contribution in [0.25, 0.3) is 0 Å². The van der Waals surface area contributed by atoms with E-state index in [0.29, 0.717) is 0 Å². The zero-order valence-corrected chi connectivity index (χ0v) is 6.85. The Kier molecular flexibility index (Phi) is 4.05. The number of hydrogen-bond acceptors (Lipinski definition) is 2. The van der Waals surface area contributed by atoms with Crippen LogP contribution in [0.15, 0.2) is 27.4 Å². The van der Waals surface area contributed by atoms with Crippen LogP contribution in [0.3, 0.4) is 0 Å². The lowest BCUT2D eigenvalue weighted by Crippen LogP contribution is -1.88. The van der Waals surface area contributed by atoms with E-state index in [1.54, 1.807) is 19.2 Å². The summed E-state index contributed by atoms with van der Waals surface area (Å²) < 4.78 is 0.831. The molecular weight excluding hydrogens is 180 g/mol. The normalized spacial score (nSPS) is 13.6. The van der Waals surface area contributed by atoms with Crippen LogP contribution in [0.4, 0.5) is 0 Å². The van der Waals surface area contributed by atoms with Gasteiger partial charge in [-0.3, -0.25) is 4.99 Å². The van der Waals surface area contributed by atoms with E-state index < -0.39 is 0 Å². The predicted octanol–water partition coefficient (Wildman–Crippen LogP) is 1.79. The lowest BCUT2D eigenvalue weighted by Gasteiger charge is -1.87. The molecule has 0 aliphatic rings. The minimum atomic E-state index is 0.738. The van der Waals surface area contributed by atoms with Gasteiger partial charge < -0.3 is 5.73 Å². The van der Waals surface area contributed by atoms with Crippen molar-refractivity contribution in [2.45, 2.75) is 6.92 Å². The zero-order valence-electron chi connectivity index (χ0n) is 5.26. The smallest absolute Gasteiger partial charge is 0.0403 e. The molecule has 0 radical (unpaired) electrons. The van der Waals surface area contributed by atoms with E-state index in [2.05, 4.69) is 27.6 Å². The fraction of sp³-hybridized carbons (Fsp3) is 0.167. The van der Waals surface area contributed by atoms with Gasteiger partial charge in [0.1, 0.15) is 0 Å². The second-order valence-electron chi connectivity index (χ2n) is 1.58. The summed E-state index contributed by atoms with van der Waals surface area (Å²) in [5.74, 6) is 0. The molecule has 0 heterocycles. The molecule has 0 spiro atoms. The first-order chi connectivity index (χ1) is 4.16. The predicted molar refractivity (Wildman–Crippen MR) is 44.5 cm³/mol. The quantitative estimate of drug-likeness (QED) is 0.521. The SMILES string of the molecule is C=N/C=C(Br)\C=C(/C)N. The molecule has 0 unspecified atom stereocenters. The summed E-state index contributed by atoms with van der Waals surface area (Å²) in [6.07, 6.45) is 3.34. The van der Waals surface area contributed by atoms with Gasteiger partial charge in [0.25, 0.3) is 0 Å². The lowest BCUT2D eigenvalue weighted by molar-refractivity contribution is 1.31. The van der Waals surface area contributed by atoms with Crippen molar-refractivity contribution in [3.63, 3.8) is 0 Å². The van der Waals surface area contributed by atoms with Crippen LogP contribution in [0.5, 0.6) is 0 Å². The molecule has 0 saturated heterocycles. The summed E-state index contributed by atoms with van der Waals surface area (Å²) in [5, 5.41) is 0. The lowest BCUT2D eigenvalue weighted by atomic mass is 10.4. The highest BCUT2D eigenvalue weighted by molar-refractivity contribution is 9.11. The van der Waals surface area contributed by atoms with Gasteiger partial charge in [0.2, 0.25) is 0 Å². The van der Waals surface area contributed by atoms with Crippen LogP contribution in [0.2, 0.25) is 0 Å². The number of allylic oxidation sites excluding steroid dienone is 3. The van der Waals surface area contributed by atoms with Crippen LogP contribution < -0.4 is 5.73 Å². The van der Waals surface area contributed by atoms with E-state index in [-0.39, 0.29) is 0 Å². The highest BCUT2D eigenvalue weighted by Crippen LogP contribution is 2.06. The molecule has 0 aliphatic carbocycles. The maximum Gasteiger partial charge on any atom is 0.0403 e. The molecule has 0 aromatic rings. The van der Waals surface area contributed by atoms with Crippen LogP contribution >= 0.6 is 15.9 Å². The van der Waals surface area contributed by atoms with E-state index >= 15 is 0 Å². The Balaban J connectivity index is 4.05. The first-order valence-electron chi connectivity index (χ1n) is 2.42. The molecule has 0 aliphatic heterocycles. The molecule has 2 N–H and O–H groups in total. The van der Waals surface area contributed by atoms with Gasteiger partial charge in [-0.15, -0.1) is 0 Å². The minimum absolute atomic E-state index is 0.738. The van der Waals surface area contributed by atoms with E-state index in [4.69, 9.17) is 5.73 Å². The molecule has 0 saturated carbocycles. The van der Waals surface area contributed by atoms with Crippen molar-refractivity contribution in [3.05, 3.63) is 22.5 Å². The van der Waals surface area contributed by atoms with Crippen molar-refractivity contribution in [1.82, 2.24) is 0 Å². The third-order valence-electron chi connectivity index (χ3n) is 0.580. The summed E-state index contributed by atoms with van der Waals surface area (Å²) in [6.45, 7) is 5.09. The van der Waals surface area contributed by atoms with Gasteiger partial charge in [0, 0.05) is 16.4 Å².